The largest absolute Gasteiger partial charge is 0.369 e. The lowest BCUT2D eigenvalue weighted by atomic mass is 9.83. The molecule has 0 bridgehead atoms. The van der Waals surface area contributed by atoms with Gasteiger partial charge < -0.3 is 14.7 Å². The van der Waals surface area contributed by atoms with Gasteiger partial charge in [0.1, 0.15) is 0 Å². The fourth-order valence-electron chi connectivity index (χ4n) is 7.30. The molecular formula is C26H40N4. The number of anilines is 2. The molecule has 2 atom stereocenters. The van der Waals surface area contributed by atoms with Gasteiger partial charge >= 0.3 is 0 Å². The van der Waals surface area contributed by atoms with Crippen molar-refractivity contribution in [3.05, 3.63) is 17.0 Å². The van der Waals surface area contributed by atoms with Gasteiger partial charge in [0.2, 0.25) is 0 Å². The number of likely N-dealkylation sites (tertiary alicyclic amines) is 1. The zero-order valence-corrected chi connectivity index (χ0v) is 18.9. The summed E-state index contributed by atoms with van der Waals surface area (Å²) < 4.78 is 0. The molecule has 1 aromatic heterocycles. The van der Waals surface area contributed by atoms with E-state index >= 15 is 0 Å². The summed E-state index contributed by atoms with van der Waals surface area (Å²) in [4.78, 5) is 13.8. The number of aryl methyl sites for hydroxylation is 1. The first-order valence-corrected chi connectivity index (χ1v) is 13.2. The molecule has 30 heavy (non-hydrogen) atoms. The fourth-order valence-corrected chi connectivity index (χ4v) is 7.30. The number of pyridine rings is 1. The average Bonchev–Trinajstić information content (AvgIpc) is 2.97. The Bertz CT molecular complexity index is 769. The second kappa shape index (κ2) is 8.33. The molecular weight excluding hydrogens is 368 g/mol. The zero-order chi connectivity index (χ0) is 19.9. The second-order valence-electron chi connectivity index (χ2n) is 10.6. The fraction of sp³-hybridized carbons (Fsp3) is 0.808. The highest BCUT2D eigenvalue weighted by Crippen LogP contribution is 2.53. The summed E-state index contributed by atoms with van der Waals surface area (Å²) in [5.74, 6) is 0.716. The van der Waals surface area contributed by atoms with Gasteiger partial charge in [-0.25, -0.2) is 0 Å². The Kier molecular flexibility index (Phi) is 5.39. The third kappa shape index (κ3) is 3.34. The molecule has 6 rings (SSSR count). The molecule has 2 unspecified atom stereocenters. The van der Waals surface area contributed by atoms with Gasteiger partial charge in [-0.1, -0.05) is 19.3 Å². The zero-order valence-electron chi connectivity index (χ0n) is 18.9. The van der Waals surface area contributed by atoms with Crippen LogP contribution < -0.4 is 9.80 Å². The highest BCUT2D eigenvalue weighted by atomic mass is 15.3. The Hall–Kier alpha value is -1.29. The minimum absolute atomic E-state index is 0.716. The SMILES string of the molecule is C1CCN(CCCN2CCCN3c4c(nc5c(c42)CCCC5)C2CCCCC23)CC1. The van der Waals surface area contributed by atoms with Crippen molar-refractivity contribution in [2.24, 2.45) is 0 Å². The molecule has 2 fully saturated rings. The quantitative estimate of drug-likeness (QED) is 0.707. The van der Waals surface area contributed by atoms with Crippen LogP contribution in [0.1, 0.15) is 93.5 Å². The molecule has 4 nitrogen and oxygen atoms in total. The lowest BCUT2D eigenvalue weighted by Crippen LogP contribution is -2.36. The van der Waals surface area contributed by atoms with Crippen LogP contribution in [-0.4, -0.2) is 55.2 Å². The van der Waals surface area contributed by atoms with E-state index < -0.39 is 0 Å². The van der Waals surface area contributed by atoms with E-state index in [1.807, 2.05) is 0 Å². The van der Waals surface area contributed by atoms with Crippen LogP contribution in [-0.2, 0) is 12.8 Å². The first-order valence-electron chi connectivity index (χ1n) is 13.2. The molecule has 5 aliphatic rings. The molecule has 1 aromatic rings. The molecule has 0 N–H and O–H groups in total. The van der Waals surface area contributed by atoms with Gasteiger partial charge in [0, 0.05) is 37.3 Å². The van der Waals surface area contributed by atoms with E-state index in [2.05, 4.69) is 14.7 Å². The summed E-state index contributed by atoms with van der Waals surface area (Å²) in [6.45, 7) is 7.69. The minimum Gasteiger partial charge on any atom is -0.369 e. The van der Waals surface area contributed by atoms with Crippen molar-refractivity contribution in [3.8, 4) is 0 Å². The number of hydrogen-bond donors (Lipinski definition) is 0. The predicted molar refractivity (Wildman–Crippen MR) is 125 cm³/mol. The summed E-state index contributed by atoms with van der Waals surface area (Å²) in [7, 11) is 0. The smallest absolute Gasteiger partial charge is 0.0832 e. The van der Waals surface area contributed by atoms with Crippen LogP contribution in [0.25, 0.3) is 0 Å². The molecule has 2 aliphatic carbocycles. The summed E-state index contributed by atoms with van der Waals surface area (Å²) in [6.07, 6.45) is 17.6. The maximum Gasteiger partial charge on any atom is 0.0832 e. The average molecular weight is 409 g/mol. The van der Waals surface area contributed by atoms with Crippen LogP contribution in [0.15, 0.2) is 0 Å². The summed E-state index contributed by atoms with van der Waals surface area (Å²) in [5, 5.41) is 0. The number of aromatic nitrogens is 1. The molecule has 0 amide bonds. The second-order valence-corrected chi connectivity index (χ2v) is 10.6. The van der Waals surface area contributed by atoms with E-state index in [1.54, 1.807) is 16.9 Å². The highest BCUT2D eigenvalue weighted by molar-refractivity contribution is 5.82. The van der Waals surface area contributed by atoms with E-state index in [1.165, 1.54) is 134 Å². The lowest BCUT2D eigenvalue weighted by Gasteiger charge is -2.33. The van der Waals surface area contributed by atoms with Crippen molar-refractivity contribution in [1.29, 1.82) is 0 Å². The van der Waals surface area contributed by atoms with Crippen LogP contribution in [0.4, 0.5) is 11.4 Å². The third-order valence-electron chi connectivity index (χ3n) is 8.71. The lowest BCUT2D eigenvalue weighted by molar-refractivity contribution is 0.227. The standard InChI is InChI=1S/C26H40N4/c1-6-14-28(15-7-1)16-8-17-29-18-9-19-30-23-13-5-3-11-21(23)24-26(30)25(29)20-10-2-4-12-22(20)27-24/h21,23H,1-19H2. The van der Waals surface area contributed by atoms with E-state index in [0.717, 1.165) is 6.04 Å². The van der Waals surface area contributed by atoms with Crippen molar-refractivity contribution in [3.63, 3.8) is 0 Å². The van der Waals surface area contributed by atoms with Crippen LogP contribution in [0.3, 0.4) is 0 Å². The first kappa shape index (κ1) is 19.4. The van der Waals surface area contributed by atoms with Gasteiger partial charge in [0.15, 0.2) is 0 Å². The predicted octanol–water partition coefficient (Wildman–Crippen LogP) is 4.89. The van der Waals surface area contributed by atoms with E-state index in [0.29, 0.717) is 5.92 Å². The summed E-state index contributed by atoms with van der Waals surface area (Å²) in [5.41, 5.74) is 7.88. The number of nitrogens with zero attached hydrogens (tertiary/aromatic N) is 4. The van der Waals surface area contributed by atoms with E-state index in [9.17, 15) is 0 Å². The third-order valence-corrected chi connectivity index (χ3v) is 8.71. The Morgan fingerprint density at radius 1 is 0.733 bits per heavy atom. The van der Waals surface area contributed by atoms with Gasteiger partial charge in [-0.2, -0.15) is 0 Å². The van der Waals surface area contributed by atoms with Gasteiger partial charge in [-0.3, -0.25) is 4.98 Å². The van der Waals surface area contributed by atoms with Crippen LogP contribution in [0, 0.1) is 0 Å². The summed E-state index contributed by atoms with van der Waals surface area (Å²) >= 11 is 0. The molecule has 0 spiro atoms. The Morgan fingerprint density at radius 2 is 1.60 bits per heavy atom. The minimum atomic E-state index is 0.716. The number of piperidine rings is 1. The highest BCUT2D eigenvalue weighted by Gasteiger charge is 2.45. The number of hydrogen-bond acceptors (Lipinski definition) is 4. The van der Waals surface area contributed by atoms with Crippen molar-refractivity contribution < 1.29 is 0 Å². The number of rotatable bonds is 4. The Morgan fingerprint density at radius 3 is 2.53 bits per heavy atom. The van der Waals surface area contributed by atoms with Crippen LogP contribution in [0.2, 0.25) is 0 Å². The van der Waals surface area contributed by atoms with Crippen molar-refractivity contribution in [1.82, 2.24) is 9.88 Å². The van der Waals surface area contributed by atoms with Gasteiger partial charge in [-0.15, -0.1) is 0 Å². The van der Waals surface area contributed by atoms with Crippen LogP contribution >= 0.6 is 0 Å². The molecule has 164 valence electrons. The molecule has 0 aromatic carbocycles. The topological polar surface area (TPSA) is 22.6 Å². The molecule has 4 heterocycles. The Labute approximate surface area is 183 Å². The maximum absolute atomic E-state index is 5.42. The van der Waals surface area contributed by atoms with Crippen molar-refractivity contribution in [2.75, 3.05) is 49.1 Å². The molecule has 3 aliphatic heterocycles. The Balaban J connectivity index is 1.33. The monoisotopic (exact) mass is 408 g/mol. The molecule has 1 saturated heterocycles. The van der Waals surface area contributed by atoms with E-state index in [4.69, 9.17) is 4.98 Å². The van der Waals surface area contributed by atoms with Crippen molar-refractivity contribution >= 4 is 11.4 Å². The maximum atomic E-state index is 5.42. The number of fused-ring (bicyclic) bond motifs is 5. The van der Waals surface area contributed by atoms with Crippen LogP contribution in [0.5, 0.6) is 0 Å². The van der Waals surface area contributed by atoms with Gasteiger partial charge in [0.25, 0.3) is 0 Å². The van der Waals surface area contributed by atoms with Gasteiger partial charge in [-0.05, 0) is 89.4 Å². The normalized spacial score (nSPS) is 28.7. The van der Waals surface area contributed by atoms with Crippen molar-refractivity contribution in [2.45, 2.75) is 95.4 Å². The summed E-state index contributed by atoms with van der Waals surface area (Å²) in [6, 6.07) is 0.747. The molecule has 4 heteroatoms. The molecule has 0 radical (unpaired) electrons. The van der Waals surface area contributed by atoms with Gasteiger partial charge in [0.05, 0.1) is 17.1 Å². The first-order chi connectivity index (χ1) is 14.9. The molecule has 1 saturated carbocycles. The van der Waals surface area contributed by atoms with E-state index in [-0.39, 0.29) is 0 Å².